The van der Waals surface area contributed by atoms with Gasteiger partial charge in [-0.3, -0.25) is 4.72 Å². The molecule has 4 aromatic rings. The lowest BCUT2D eigenvalue weighted by Crippen LogP contribution is -2.12. The Morgan fingerprint density at radius 2 is 1.85 bits per heavy atom. The lowest BCUT2D eigenvalue weighted by Gasteiger charge is -2.09. The van der Waals surface area contributed by atoms with Crippen molar-refractivity contribution in [1.29, 1.82) is 0 Å². The van der Waals surface area contributed by atoms with E-state index in [4.69, 9.17) is 4.74 Å². The number of nitrogens with zero attached hydrogens (tertiary/aromatic N) is 2. The van der Waals surface area contributed by atoms with Crippen LogP contribution in [-0.2, 0) is 10.0 Å². The zero-order valence-electron chi connectivity index (χ0n) is 14.3. The smallest absolute Gasteiger partial charge is 0.261 e. The predicted octanol–water partition coefficient (Wildman–Crippen LogP) is 4.17. The number of benzene rings is 2. The summed E-state index contributed by atoms with van der Waals surface area (Å²) in [6, 6.07) is 17.1. The molecule has 0 aliphatic carbocycles. The van der Waals surface area contributed by atoms with Crippen LogP contribution in [0, 0.1) is 0 Å². The molecule has 1 N–H and O–H groups in total. The third kappa shape index (κ3) is 3.62. The summed E-state index contributed by atoms with van der Waals surface area (Å²) in [5, 5.41) is 0.786. The molecule has 6 nitrogen and oxygen atoms in total. The van der Waals surface area contributed by atoms with Gasteiger partial charge in [-0.2, -0.15) is 0 Å². The molecule has 0 aliphatic rings. The van der Waals surface area contributed by atoms with Gasteiger partial charge in [0.2, 0.25) is 0 Å². The van der Waals surface area contributed by atoms with Gasteiger partial charge in [-0.15, -0.1) is 0 Å². The number of nitrogens with one attached hydrogen (secondary N) is 1. The highest BCUT2D eigenvalue weighted by molar-refractivity contribution is 7.92. The zero-order chi connectivity index (χ0) is 18.9. The number of anilines is 1. The first-order chi connectivity index (χ1) is 13.0. The second-order valence-electron chi connectivity index (χ2n) is 5.71. The highest BCUT2D eigenvalue weighted by Gasteiger charge is 2.15. The summed E-state index contributed by atoms with van der Waals surface area (Å²) >= 11 is 1.46. The van der Waals surface area contributed by atoms with Crippen LogP contribution in [0.3, 0.4) is 0 Å². The fraction of sp³-hybridized carbons (Fsp3) is 0.0526. The minimum atomic E-state index is -3.70. The topological polar surface area (TPSA) is 81.2 Å². The fourth-order valence-corrected chi connectivity index (χ4v) is 4.53. The van der Waals surface area contributed by atoms with Gasteiger partial charge in [0.1, 0.15) is 21.1 Å². The Labute approximate surface area is 160 Å². The number of aromatic nitrogens is 2. The van der Waals surface area contributed by atoms with E-state index in [-0.39, 0.29) is 4.90 Å². The first-order valence-electron chi connectivity index (χ1n) is 8.04. The number of hydrogen-bond acceptors (Lipinski definition) is 6. The van der Waals surface area contributed by atoms with Crippen molar-refractivity contribution in [3.63, 3.8) is 0 Å². The monoisotopic (exact) mass is 397 g/mol. The van der Waals surface area contributed by atoms with Gasteiger partial charge in [-0.25, -0.2) is 18.4 Å². The third-order valence-electron chi connectivity index (χ3n) is 3.90. The van der Waals surface area contributed by atoms with E-state index in [9.17, 15) is 8.42 Å². The van der Waals surface area contributed by atoms with Gasteiger partial charge in [0.15, 0.2) is 0 Å². The van der Waals surface area contributed by atoms with E-state index in [1.54, 1.807) is 36.5 Å². The van der Waals surface area contributed by atoms with Crippen LogP contribution >= 0.6 is 11.3 Å². The first kappa shape index (κ1) is 17.4. The van der Waals surface area contributed by atoms with Gasteiger partial charge in [0.25, 0.3) is 10.0 Å². The summed E-state index contributed by atoms with van der Waals surface area (Å²) in [6.45, 7) is 0. The van der Waals surface area contributed by atoms with Gasteiger partial charge >= 0.3 is 0 Å². The summed E-state index contributed by atoms with van der Waals surface area (Å²) in [6.07, 6.45) is 1.73. The van der Waals surface area contributed by atoms with Crippen molar-refractivity contribution in [2.75, 3.05) is 11.8 Å². The molecule has 0 spiro atoms. The molecule has 0 unspecified atom stereocenters. The Morgan fingerprint density at radius 1 is 1.04 bits per heavy atom. The fourth-order valence-electron chi connectivity index (χ4n) is 2.58. The highest BCUT2D eigenvalue weighted by atomic mass is 32.2. The molecular weight excluding hydrogens is 382 g/mol. The van der Waals surface area contributed by atoms with Crippen molar-refractivity contribution in [1.82, 2.24) is 9.97 Å². The molecule has 2 heterocycles. The van der Waals surface area contributed by atoms with Crippen molar-refractivity contribution >= 4 is 37.4 Å². The third-order valence-corrected chi connectivity index (χ3v) is 6.32. The van der Waals surface area contributed by atoms with Gasteiger partial charge in [0.05, 0.1) is 12.0 Å². The summed E-state index contributed by atoms with van der Waals surface area (Å²) in [4.78, 5) is 9.87. The van der Waals surface area contributed by atoms with Crippen LogP contribution in [0.15, 0.2) is 71.8 Å². The van der Waals surface area contributed by atoms with Gasteiger partial charge in [-0.1, -0.05) is 23.5 Å². The van der Waals surface area contributed by atoms with Crippen molar-refractivity contribution in [2.24, 2.45) is 0 Å². The zero-order valence-corrected chi connectivity index (χ0v) is 15.9. The Bertz CT molecular complexity index is 1170. The summed E-state index contributed by atoms with van der Waals surface area (Å²) < 4.78 is 32.9. The Morgan fingerprint density at radius 3 is 2.59 bits per heavy atom. The molecule has 0 saturated carbocycles. The molecule has 0 atom stereocenters. The van der Waals surface area contributed by atoms with Crippen LogP contribution in [0.25, 0.3) is 20.9 Å². The number of fused-ring (bicyclic) bond motifs is 1. The molecule has 0 amide bonds. The first-order valence-corrected chi connectivity index (χ1v) is 10.3. The number of sulfonamides is 1. The molecule has 8 heteroatoms. The molecule has 0 radical (unpaired) electrons. The van der Waals surface area contributed by atoms with Gasteiger partial charge in [-0.05, 0) is 48.5 Å². The SMILES string of the molecule is COc1ccc(S(=O)(=O)Nc2cccc(-c3nc4cccnc4s3)c2)cc1. The standard InChI is InChI=1S/C19H15N3O3S2/c1-25-15-7-9-16(10-8-15)27(23,24)22-14-5-2-4-13(12-14)18-21-17-6-3-11-20-19(17)26-18/h2-12,22H,1H3. The highest BCUT2D eigenvalue weighted by Crippen LogP contribution is 2.30. The normalized spacial score (nSPS) is 11.4. The molecular formula is C19H15N3O3S2. The van der Waals surface area contributed by atoms with Crippen LogP contribution in [-0.4, -0.2) is 25.5 Å². The molecule has 0 bridgehead atoms. The number of pyridine rings is 1. The van der Waals surface area contributed by atoms with E-state index in [2.05, 4.69) is 14.7 Å². The van der Waals surface area contributed by atoms with Crippen LogP contribution in [0.1, 0.15) is 0 Å². The maximum absolute atomic E-state index is 12.6. The van der Waals surface area contributed by atoms with Gasteiger partial charge < -0.3 is 4.74 Å². The van der Waals surface area contributed by atoms with Crippen molar-refractivity contribution in [3.05, 3.63) is 66.9 Å². The van der Waals surface area contributed by atoms with Crippen molar-refractivity contribution in [2.45, 2.75) is 4.90 Å². The van der Waals surface area contributed by atoms with E-state index in [0.29, 0.717) is 11.4 Å². The molecule has 0 aliphatic heterocycles. The Hall–Kier alpha value is -2.97. The summed E-state index contributed by atoms with van der Waals surface area (Å²) in [5.74, 6) is 0.598. The molecule has 2 aromatic carbocycles. The average molecular weight is 397 g/mol. The maximum atomic E-state index is 12.6. The van der Waals surface area contributed by atoms with E-state index in [1.807, 2.05) is 18.2 Å². The molecule has 0 saturated heterocycles. The number of methoxy groups -OCH3 is 1. The average Bonchev–Trinajstić information content (AvgIpc) is 3.12. The number of hydrogen-bond donors (Lipinski definition) is 1. The number of rotatable bonds is 5. The summed E-state index contributed by atoms with van der Waals surface area (Å²) in [5.41, 5.74) is 2.12. The molecule has 0 fully saturated rings. The largest absolute Gasteiger partial charge is 0.497 e. The van der Waals surface area contributed by atoms with Crippen molar-refractivity contribution in [3.8, 4) is 16.3 Å². The quantitative estimate of drug-likeness (QED) is 0.547. The molecule has 2 aromatic heterocycles. The second kappa shape index (κ2) is 6.98. The molecule has 27 heavy (non-hydrogen) atoms. The van der Waals surface area contributed by atoms with E-state index in [1.165, 1.54) is 30.6 Å². The second-order valence-corrected chi connectivity index (χ2v) is 8.37. The molecule has 4 rings (SSSR count). The lowest BCUT2D eigenvalue weighted by atomic mass is 10.2. The van der Waals surface area contributed by atoms with Gasteiger partial charge in [0, 0.05) is 17.4 Å². The van der Waals surface area contributed by atoms with Crippen LogP contribution in [0.5, 0.6) is 5.75 Å². The van der Waals surface area contributed by atoms with E-state index >= 15 is 0 Å². The van der Waals surface area contributed by atoms with Crippen LogP contribution in [0.4, 0.5) is 5.69 Å². The lowest BCUT2D eigenvalue weighted by molar-refractivity contribution is 0.414. The number of ether oxygens (including phenoxy) is 1. The van der Waals surface area contributed by atoms with E-state index in [0.717, 1.165) is 20.9 Å². The minimum absolute atomic E-state index is 0.165. The van der Waals surface area contributed by atoms with Crippen LogP contribution in [0.2, 0.25) is 0 Å². The maximum Gasteiger partial charge on any atom is 0.261 e. The van der Waals surface area contributed by atoms with E-state index < -0.39 is 10.0 Å². The summed E-state index contributed by atoms with van der Waals surface area (Å²) in [7, 11) is -2.16. The number of thiazole rings is 1. The van der Waals surface area contributed by atoms with Crippen molar-refractivity contribution < 1.29 is 13.2 Å². The van der Waals surface area contributed by atoms with Crippen LogP contribution < -0.4 is 9.46 Å². The Kier molecular flexibility index (Phi) is 4.51. The predicted molar refractivity (Wildman–Crippen MR) is 107 cm³/mol. The Balaban J connectivity index is 1.63. The molecule has 136 valence electrons. The minimum Gasteiger partial charge on any atom is -0.497 e.